The molecular formula is C20H15F3O4. The fraction of sp³-hybridized carbons (Fsp3) is 0.200. The second-order valence-corrected chi connectivity index (χ2v) is 6.13. The summed E-state index contributed by atoms with van der Waals surface area (Å²) in [5.74, 6) is -0.783. The molecule has 140 valence electrons. The van der Waals surface area contributed by atoms with E-state index in [-0.39, 0.29) is 12.2 Å². The van der Waals surface area contributed by atoms with E-state index in [1.54, 1.807) is 6.07 Å². The van der Waals surface area contributed by atoms with Crippen molar-refractivity contribution in [3.63, 3.8) is 0 Å². The maximum atomic E-state index is 12.6. The molecule has 0 unspecified atom stereocenters. The average molecular weight is 376 g/mol. The van der Waals surface area contributed by atoms with Gasteiger partial charge in [-0.2, -0.15) is 13.2 Å². The Morgan fingerprint density at radius 2 is 1.74 bits per heavy atom. The van der Waals surface area contributed by atoms with Crippen molar-refractivity contribution in [2.45, 2.75) is 26.6 Å². The lowest BCUT2D eigenvalue weighted by Crippen LogP contribution is -2.09. The summed E-state index contributed by atoms with van der Waals surface area (Å²) >= 11 is 0. The first-order chi connectivity index (χ1) is 12.7. The minimum absolute atomic E-state index is 0.0118. The van der Waals surface area contributed by atoms with Crippen molar-refractivity contribution in [2.75, 3.05) is 0 Å². The first kappa shape index (κ1) is 18.7. The number of ether oxygens (including phenoxy) is 1. The fourth-order valence-electron chi connectivity index (χ4n) is 2.67. The number of fused-ring (bicyclic) bond motifs is 1. The Labute approximate surface area is 152 Å². The van der Waals surface area contributed by atoms with Gasteiger partial charge < -0.3 is 9.15 Å². The summed E-state index contributed by atoms with van der Waals surface area (Å²) in [6.07, 6.45) is -4.48. The van der Waals surface area contributed by atoms with E-state index >= 15 is 0 Å². The largest absolute Gasteiger partial charge is 0.457 e. The van der Waals surface area contributed by atoms with Crippen LogP contribution in [0.1, 0.15) is 32.6 Å². The monoisotopic (exact) mass is 376 g/mol. The van der Waals surface area contributed by atoms with Crippen LogP contribution in [-0.2, 0) is 17.5 Å². The van der Waals surface area contributed by atoms with Crippen LogP contribution in [0.25, 0.3) is 11.0 Å². The Bertz CT molecular complexity index is 1060. The first-order valence-electron chi connectivity index (χ1n) is 8.04. The molecule has 0 aliphatic carbocycles. The van der Waals surface area contributed by atoms with Crippen LogP contribution >= 0.6 is 0 Å². The zero-order valence-electron chi connectivity index (χ0n) is 14.5. The summed E-state index contributed by atoms with van der Waals surface area (Å²) < 4.78 is 48.2. The highest BCUT2D eigenvalue weighted by Crippen LogP contribution is 2.29. The first-order valence-corrected chi connectivity index (χ1v) is 8.04. The third kappa shape index (κ3) is 3.86. The Morgan fingerprint density at radius 1 is 1.07 bits per heavy atom. The molecule has 27 heavy (non-hydrogen) atoms. The molecule has 0 atom stereocenters. The molecular weight excluding hydrogens is 361 g/mol. The minimum atomic E-state index is -4.48. The van der Waals surface area contributed by atoms with E-state index in [4.69, 9.17) is 9.15 Å². The summed E-state index contributed by atoms with van der Waals surface area (Å²) in [6, 6.07) is 8.59. The summed E-state index contributed by atoms with van der Waals surface area (Å²) in [4.78, 5) is 23.9. The predicted octanol–water partition coefficient (Wildman–Crippen LogP) is 4.79. The molecule has 3 aromatic rings. The van der Waals surface area contributed by atoms with E-state index in [2.05, 4.69) is 0 Å². The number of carbonyl (C=O) groups excluding carboxylic acids is 1. The topological polar surface area (TPSA) is 56.5 Å². The molecule has 0 aliphatic heterocycles. The van der Waals surface area contributed by atoms with E-state index in [1.807, 2.05) is 19.9 Å². The Kier molecular flexibility index (Phi) is 4.78. The number of carbonyl (C=O) groups is 1. The van der Waals surface area contributed by atoms with Crippen LogP contribution in [0.15, 0.2) is 51.7 Å². The number of rotatable bonds is 3. The van der Waals surface area contributed by atoms with Gasteiger partial charge in [0.1, 0.15) is 12.2 Å². The molecule has 0 spiro atoms. The molecule has 0 amide bonds. The van der Waals surface area contributed by atoms with Crippen molar-refractivity contribution in [3.05, 3.63) is 80.7 Å². The fourth-order valence-corrected chi connectivity index (χ4v) is 2.67. The van der Waals surface area contributed by atoms with Gasteiger partial charge in [-0.25, -0.2) is 9.59 Å². The summed E-state index contributed by atoms with van der Waals surface area (Å²) in [5.41, 5.74) is 1.20. The quantitative estimate of drug-likeness (QED) is 0.487. The highest BCUT2D eigenvalue weighted by Gasteiger charge is 2.30. The molecule has 0 bridgehead atoms. The SMILES string of the molecule is Cc1ccc2c(COC(=O)c3ccc(C(F)(F)F)cc3)cc(=O)oc2c1C. The molecule has 1 aromatic heterocycles. The lowest BCUT2D eigenvalue weighted by molar-refractivity contribution is -0.137. The van der Waals surface area contributed by atoms with Gasteiger partial charge in [0.25, 0.3) is 0 Å². The van der Waals surface area contributed by atoms with Gasteiger partial charge >= 0.3 is 17.8 Å². The van der Waals surface area contributed by atoms with E-state index < -0.39 is 23.3 Å². The summed E-state index contributed by atoms with van der Waals surface area (Å²) in [6.45, 7) is 3.50. The van der Waals surface area contributed by atoms with Crippen LogP contribution < -0.4 is 5.63 Å². The third-order valence-corrected chi connectivity index (χ3v) is 4.32. The molecule has 0 aliphatic rings. The minimum Gasteiger partial charge on any atom is -0.457 e. The standard InChI is InChI=1S/C20H15F3O4/c1-11-3-8-16-14(9-17(24)27-18(16)12(11)2)10-26-19(25)13-4-6-15(7-5-13)20(21,22)23/h3-9H,10H2,1-2H3. The number of hydrogen-bond donors (Lipinski definition) is 0. The molecule has 0 radical (unpaired) electrons. The van der Waals surface area contributed by atoms with Gasteiger partial charge in [-0.1, -0.05) is 12.1 Å². The Hall–Kier alpha value is -3.09. The number of halogens is 3. The van der Waals surface area contributed by atoms with Gasteiger partial charge in [-0.3, -0.25) is 0 Å². The molecule has 3 rings (SSSR count). The highest BCUT2D eigenvalue weighted by atomic mass is 19.4. The molecule has 4 nitrogen and oxygen atoms in total. The van der Waals surface area contributed by atoms with Crippen molar-refractivity contribution >= 4 is 16.9 Å². The van der Waals surface area contributed by atoms with E-state index in [0.29, 0.717) is 16.5 Å². The van der Waals surface area contributed by atoms with E-state index in [1.165, 1.54) is 6.07 Å². The third-order valence-electron chi connectivity index (χ3n) is 4.32. The van der Waals surface area contributed by atoms with Gasteiger partial charge in [-0.05, 0) is 49.2 Å². The Morgan fingerprint density at radius 3 is 2.37 bits per heavy atom. The van der Waals surface area contributed by atoms with Crippen molar-refractivity contribution in [1.29, 1.82) is 0 Å². The molecule has 7 heteroatoms. The Balaban J connectivity index is 1.83. The molecule has 0 saturated heterocycles. The van der Waals surface area contributed by atoms with Crippen LogP contribution in [0.4, 0.5) is 13.2 Å². The van der Waals surface area contributed by atoms with Crippen LogP contribution in [0.5, 0.6) is 0 Å². The zero-order chi connectivity index (χ0) is 19.8. The van der Waals surface area contributed by atoms with Crippen LogP contribution in [0, 0.1) is 13.8 Å². The maximum absolute atomic E-state index is 12.6. The van der Waals surface area contributed by atoms with Crippen molar-refractivity contribution in [3.8, 4) is 0 Å². The number of alkyl halides is 3. The van der Waals surface area contributed by atoms with Crippen molar-refractivity contribution in [1.82, 2.24) is 0 Å². The van der Waals surface area contributed by atoms with Crippen molar-refractivity contribution < 1.29 is 27.1 Å². The van der Waals surface area contributed by atoms with Gasteiger partial charge in [0.2, 0.25) is 0 Å². The smallest absolute Gasteiger partial charge is 0.416 e. The molecule has 0 fully saturated rings. The molecule has 0 saturated carbocycles. The van der Waals surface area contributed by atoms with Crippen molar-refractivity contribution in [2.24, 2.45) is 0 Å². The van der Waals surface area contributed by atoms with Gasteiger partial charge in [0.15, 0.2) is 0 Å². The molecule has 2 aromatic carbocycles. The van der Waals surface area contributed by atoms with Gasteiger partial charge in [0, 0.05) is 17.0 Å². The molecule has 0 N–H and O–H groups in total. The molecule has 1 heterocycles. The highest BCUT2D eigenvalue weighted by molar-refractivity contribution is 5.90. The predicted molar refractivity (Wildman–Crippen MR) is 92.5 cm³/mol. The van der Waals surface area contributed by atoms with Gasteiger partial charge in [0.05, 0.1) is 11.1 Å². The van der Waals surface area contributed by atoms with Crippen LogP contribution in [-0.4, -0.2) is 5.97 Å². The second kappa shape index (κ2) is 6.90. The van der Waals surface area contributed by atoms with Crippen LogP contribution in [0.3, 0.4) is 0 Å². The lowest BCUT2D eigenvalue weighted by atomic mass is 10.0. The lowest BCUT2D eigenvalue weighted by Gasteiger charge is -2.10. The maximum Gasteiger partial charge on any atom is 0.416 e. The second-order valence-electron chi connectivity index (χ2n) is 6.13. The van der Waals surface area contributed by atoms with E-state index in [0.717, 1.165) is 35.4 Å². The number of benzene rings is 2. The number of hydrogen-bond acceptors (Lipinski definition) is 4. The normalized spacial score (nSPS) is 11.6. The summed E-state index contributed by atoms with van der Waals surface area (Å²) in [7, 11) is 0. The van der Waals surface area contributed by atoms with Gasteiger partial charge in [-0.15, -0.1) is 0 Å². The van der Waals surface area contributed by atoms with E-state index in [9.17, 15) is 22.8 Å². The number of esters is 1. The van der Waals surface area contributed by atoms with Crippen LogP contribution in [0.2, 0.25) is 0 Å². The average Bonchev–Trinajstić information content (AvgIpc) is 2.62. The number of aryl methyl sites for hydroxylation is 2. The zero-order valence-corrected chi connectivity index (χ0v) is 14.5. The summed E-state index contributed by atoms with van der Waals surface area (Å²) in [5, 5.41) is 0.637.